The second-order valence-corrected chi connectivity index (χ2v) is 4.13. The monoisotopic (exact) mass is 218 g/mol. The molecule has 1 amide bonds. The minimum Gasteiger partial charge on any atom is -0.398 e. The number of carbonyl (C=O) groups excluding carboxylic acids is 1. The highest BCUT2D eigenvalue weighted by molar-refractivity contribution is 6.06. The van der Waals surface area contributed by atoms with Crippen molar-refractivity contribution in [1.29, 1.82) is 0 Å². The van der Waals surface area contributed by atoms with Gasteiger partial charge in [0.25, 0.3) is 5.91 Å². The normalized spacial score (nSPS) is 23.4. The van der Waals surface area contributed by atoms with E-state index >= 15 is 0 Å². The zero-order valence-electron chi connectivity index (χ0n) is 8.86. The molecule has 1 fully saturated rings. The summed E-state index contributed by atoms with van der Waals surface area (Å²) in [5.41, 5.74) is 7.96. The average molecular weight is 218 g/mol. The van der Waals surface area contributed by atoms with Crippen molar-refractivity contribution in [3.63, 3.8) is 0 Å². The maximum atomic E-state index is 11.9. The minimum atomic E-state index is -0.0713. The van der Waals surface area contributed by atoms with Crippen molar-refractivity contribution in [2.24, 2.45) is 0 Å². The van der Waals surface area contributed by atoms with Gasteiger partial charge in [-0.1, -0.05) is 6.07 Å². The molecule has 0 spiro atoms. The van der Waals surface area contributed by atoms with Crippen molar-refractivity contribution >= 4 is 17.3 Å². The molecule has 5 nitrogen and oxygen atoms in total. The second kappa shape index (κ2) is 3.38. The van der Waals surface area contributed by atoms with Crippen LogP contribution in [0.3, 0.4) is 0 Å². The third-order valence-corrected chi connectivity index (χ3v) is 3.15. The van der Waals surface area contributed by atoms with Gasteiger partial charge in [0.05, 0.1) is 11.3 Å². The Kier molecular flexibility index (Phi) is 2.00. The zero-order valence-corrected chi connectivity index (χ0v) is 8.86. The maximum absolute atomic E-state index is 11.9. The number of nitrogens with zero attached hydrogens (tertiary/aromatic N) is 1. The van der Waals surface area contributed by atoms with Crippen LogP contribution >= 0.6 is 0 Å². The summed E-state index contributed by atoms with van der Waals surface area (Å²) in [4.78, 5) is 14.1. The summed E-state index contributed by atoms with van der Waals surface area (Å²) in [6.45, 7) is 2.60. The summed E-state index contributed by atoms with van der Waals surface area (Å²) >= 11 is 0. The molecule has 1 aromatic carbocycles. The van der Waals surface area contributed by atoms with E-state index in [4.69, 9.17) is 5.73 Å². The maximum Gasteiger partial charge on any atom is 0.257 e. The van der Waals surface area contributed by atoms with Gasteiger partial charge in [-0.05, 0) is 12.1 Å². The highest BCUT2D eigenvalue weighted by Crippen LogP contribution is 2.30. The summed E-state index contributed by atoms with van der Waals surface area (Å²) in [6, 6.07) is 5.62. The first-order chi connectivity index (χ1) is 7.77. The van der Waals surface area contributed by atoms with Crippen LogP contribution in [0, 0.1) is 0 Å². The largest absolute Gasteiger partial charge is 0.398 e. The van der Waals surface area contributed by atoms with E-state index in [1.807, 2.05) is 12.1 Å². The summed E-state index contributed by atoms with van der Waals surface area (Å²) in [6.07, 6.45) is 0.0514. The van der Waals surface area contributed by atoms with Gasteiger partial charge in [-0.2, -0.15) is 0 Å². The van der Waals surface area contributed by atoms with Crippen LogP contribution in [0.4, 0.5) is 11.4 Å². The van der Waals surface area contributed by atoms with Crippen LogP contribution in [0.1, 0.15) is 10.4 Å². The molecule has 2 heterocycles. The van der Waals surface area contributed by atoms with Gasteiger partial charge < -0.3 is 21.3 Å². The Morgan fingerprint density at radius 2 is 2.31 bits per heavy atom. The highest BCUT2D eigenvalue weighted by atomic mass is 16.2. The zero-order chi connectivity index (χ0) is 11.1. The van der Waals surface area contributed by atoms with Crippen LogP contribution in [0.2, 0.25) is 0 Å². The number of piperazine rings is 1. The summed E-state index contributed by atoms with van der Waals surface area (Å²) in [5, 5.41) is 6.22. The fourth-order valence-corrected chi connectivity index (χ4v) is 2.39. The molecule has 1 saturated heterocycles. The van der Waals surface area contributed by atoms with Gasteiger partial charge in [0.2, 0.25) is 0 Å². The molecule has 1 aromatic rings. The van der Waals surface area contributed by atoms with Gasteiger partial charge in [0.15, 0.2) is 0 Å². The average Bonchev–Trinajstić information content (AvgIpc) is 2.29. The molecule has 0 aromatic heterocycles. The lowest BCUT2D eigenvalue weighted by Gasteiger charge is -2.42. The Balaban J connectivity index is 2.11. The number of hydrogen-bond donors (Lipinski definition) is 3. The number of nitrogens with two attached hydrogens (primary N) is 1. The first-order valence-corrected chi connectivity index (χ1v) is 5.44. The topological polar surface area (TPSA) is 70.4 Å². The molecule has 16 heavy (non-hydrogen) atoms. The van der Waals surface area contributed by atoms with E-state index in [1.165, 1.54) is 0 Å². The predicted octanol–water partition coefficient (Wildman–Crippen LogP) is -0.252. The Hall–Kier alpha value is -1.75. The number of anilines is 2. The molecule has 5 heteroatoms. The molecule has 84 valence electrons. The molecule has 2 aliphatic rings. The lowest BCUT2D eigenvalue weighted by molar-refractivity contribution is 0.0924. The lowest BCUT2D eigenvalue weighted by Crippen LogP contribution is -2.62. The first kappa shape index (κ1) is 9.47. The number of nitrogen functional groups attached to an aromatic ring is 1. The number of rotatable bonds is 0. The Bertz CT molecular complexity index is 446. The molecule has 0 radical (unpaired) electrons. The number of benzene rings is 1. The molecular weight excluding hydrogens is 204 g/mol. The fourth-order valence-electron chi connectivity index (χ4n) is 2.39. The van der Waals surface area contributed by atoms with Gasteiger partial charge >= 0.3 is 0 Å². The lowest BCUT2D eigenvalue weighted by atomic mass is 10.0. The smallest absolute Gasteiger partial charge is 0.257 e. The van der Waals surface area contributed by atoms with Gasteiger partial charge in [0, 0.05) is 25.3 Å². The second-order valence-electron chi connectivity index (χ2n) is 4.13. The van der Waals surface area contributed by atoms with Gasteiger partial charge in [0.1, 0.15) is 6.17 Å². The summed E-state index contributed by atoms with van der Waals surface area (Å²) in [5.74, 6) is -0.0713. The number of nitrogens with one attached hydrogen (secondary N) is 2. The van der Waals surface area contributed by atoms with Crippen molar-refractivity contribution in [3.05, 3.63) is 23.8 Å². The summed E-state index contributed by atoms with van der Waals surface area (Å²) < 4.78 is 0. The molecule has 3 rings (SSSR count). The molecule has 1 unspecified atom stereocenters. The third-order valence-electron chi connectivity index (χ3n) is 3.15. The number of hydrogen-bond acceptors (Lipinski definition) is 4. The molecule has 2 aliphatic heterocycles. The first-order valence-electron chi connectivity index (χ1n) is 5.44. The third kappa shape index (κ3) is 1.25. The van der Waals surface area contributed by atoms with E-state index in [0.717, 1.165) is 25.3 Å². The van der Waals surface area contributed by atoms with Crippen LogP contribution < -0.4 is 21.3 Å². The van der Waals surface area contributed by atoms with Crippen LogP contribution in [-0.4, -0.2) is 31.7 Å². The molecular formula is C11H14N4O. The van der Waals surface area contributed by atoms with Crippen LogP contribution in [0.25, 0.3) is 0 Å². The Morgan fingerprint density at radius 3 is 3.19 bits per heavy atom. The van der Waals surface area contributed by atoms with Gasteiger partial charge in [-0.15, -0.1) is 0 Å². The quantitative estimate of drug-likeness (QED) is 0.525. The Labute approximate surface area is 93.6 Å². The minimum absolute atomic E-state index is 0.0514. The van der Waals surface area contributed by atoms with E-state index in [1.54, 1.807) is 6.07 Å². The van der Waals surface area contributed by atoms with Crippen LogP contribution in [0.15, 0.2) is 18.2 Å². The van der Waals surface area contributed by atoms with Gasteiger partial charge in [-0.3, -0.25) is 4.79 Å². The van der Waals surface area contributed by atoms with Crippen molar-refractivity contribution in [3.8, 4) is 0 Å². The predicted molar refractivity (Wildman–Crippen MR) is 62.3 cm³/mol. The number of amides is 1. The van der Waals surface area contributed by atoms with Crippen LogP contribution in [0.5, 0.6) is 0 Å². The van der Waals surface area contributed by atoms with Crippen LogP contribution in [-0.2, 0) is 0 Å². The van der Waals surface area contributed by atoms with Crippen molar-refractivity contribution in [2.45, 2.75) is 6.17 Å². The SMILES string of the molecule is Nc1cccc2c1C(=O)NC1CNCCN21. The van der Waals surface area contributed by atoms with Crippen molar-refractivity contribution in [1.82, 2.24) is 10.6 Å². The molecule has 0 saturated carbocycles. The molecule has 4 N–H and O–H groups in total. The van der Waals surface area contributed by atoms with E-state index in [-0.39, 0.29) is 12.1 Å². The highest BCUT2D eigenvalue weighted by Gasteiger charge is 2.33. The molecule has 1 atom stereocenters. The number of carbonyl (C=O) groups is 1. The van der Waals surface area contributed by atoms with E-state index in [2.05, 4.69) is 15.5 Å². The fraction of sp³-hybridized carbons (Fsp3) is 0.364. The molecule has 0 aliphatic carbocycles. The number of fused-ring (bicyclic) bond motifs is 3. The summed E-state index contributed by atoms with van der Waals surface area (Å²) in [7, 11) is 0. The van der Waals surface area contributed by atoms with Crippen molar-refractivity contribution < 1.29 is 4.79 Å². The van der Waals surface area contributed by atoms with Crippen molar-refractivity contribution in [2.75, 3.05) is 30.3 Å². The standard InChI is InChI=1S/C11H14N4O/c12-7-2-1-3-8-10(7)11(16)14-9-6-13-4-5-15(8)9/h1-3,9,13H,4-6,12H2,(H,14,16). The van der Waals surface area contributed by atoms with E-state index in [9.17, 15) is 4.79 Å². The van der Waals surface area contributed by atoms with Gasteiger partial charge in [-0.25, -0.2) is 0 Å². The molecule has 0 bridgehead atoms. The van der Waals surface area contributed by atoms with E-state index in [0.29, 0.717) is 11.3 Å². The Morgan fingerprint density at radius 1 is 1.44 bits per heavy atom. The van der Waals surface area contributed by atoms with E-state index < -0.39 is 0 Å².